The molecule has 0 saturated heterocycles. The first-order chi connectivity index (χ1) is 5.79. The van der Waals surface area contributed by atoms with Gasteiger partial charge in [-0.1, -0.05) is 27.7 Å². The zero-order valence-corrected chi connectivity index (χ0v) is 8.49. The monoisotopic (exact) mass is 169 g/mol. The van der Waals surface area contributed by atoms with E-state index < -0.39 is 0 Å². The standard InChI is InChI=1S/C7H13N3.C2H6/c1-7(2)3-4-10-6-8-5-9-10;1-2/h5-7H,3-4H2,1-2H3;1-2H3. The van der Waals surface area contributed by atoms with Crippen molar-refractivity contribution in [3.05, 3.63) is 12.7 Å². The third-order valence-corrected chi connectivity index (χ3v) is 1.40. The Kier molecular flexibility index (Phi) is 6.34. The Morgan fingerprint density at radius 2 is 2.00 bits per heavy atom. The molecule has 0 radical (unpaired) electrons. The van der Waals surface area contributed by atoms with Gasteiger partial charge in [-0.15, -0.1) is 0 Å². The Balaban J connectivity index is 0.000000561. The molecule has 1 rings (SSSR count). The fourth-order valence-corrected chi connectivity index (χ4v) is 0.739. The number of nitrogens with zero attached hydrogens (tertiary/aromatic N) is 3. The van der Waals surface area contributed by atoms with Crippen molar-refractivity contribution in [2.75, 3.05) is 0 Å². The maximum atomic E-state index is 3.99. The van der Waals surface area contributed by atoms with Gasteiger partial charge < -0.3 is 0 Å². The predicted octanol–water partition coefficient (Wildman–Crippen LogP) is 2.35. The molecule has 0 unspecified atom stereocenters. The Morgan fingerprint density at radius 1 is 1.33 bits per heavy atom. The Morgan fingerprint density at radius 3 is 2.42 bits per heavy atom. The molecule has 70 valence electrons. The molecule has 0 spiro atoms. The minimum absolute atomic E-state index is 0.740. The minimum atomic E-state index is 0.740. The van der Waals surface area contributed by atoms with Gasteiger partial charge in [-0.05, 0) is 12.3 Å². The zero-order chi connectivity index (χ0) is 9.40. The van der Waals surface area contributed by atoms with Gasteiger partial charge >= 0.3 is 0 Å². The van der Waals surface area contributed by atoms with E-state index in [4.69, 9.17) is 0 Å². The van der Waals surface area contributed by atoms with Crippen LogP contribution in [0.3, 0.4) is 0 Å². The van der Waals surface area contributed by atoms with Crippen LogP contribution in [0.4, 0.5) is 0 Å². The van der Waals surface area contributed by atoms with Crippen molar-refractivity contribution in [1.29, 1.82) is 0 Å². The number of rotatable bonds is 3. The van der Waals surface area contributed by atoms with Crippen molar-refractivity contribution >= 4 is 0 Å². The second-order valence-corrected chi connectivity index (χ2v) is 2.84. The summed E-state index contributed by atoms with van der Waals surface area (Å²) in [5.74, 6) is 0.740. The third kappa shape index (κ3) is 4.88. The Bertz CT molecular complexity index is 168. The second-order valence-electron chi connectivity index (χ2n) is 2.84. The van der Waals surface area contributed by atoms with E-state index in [2.05, 4.69) is 23.9 Å². The largest absolute Gasteiger partial charge is 0.253 e. The van der Waals surface area contributed by atoms with E-state index in [1.807, 2.05) is 18.5 Å². The van der Waals surface area contributed by atoms with Crippen LogP contribution in [0.2, 0.25) is 0 Å². The van der Waals surface area contributed by atoms with E-state index in [9.17, 15) is 0 Å². The van der Waals surface area contributed by atoms with Crippen molar-refractivity contribution in [3.63, 3.8) is 0 Å². The normalized spacial score (nSPS) is 9.42. The lowest BCUT2D eigenvalue weighted by atomic mass is 10.1. The molecule has 3 nitrogen and oxygen atoms in total. The fraction of sp³-hybridized carbons (Fsp3) is 0.778. The molecule has 0 saturated carbocycles. The van der Waals surface area contributed by atoms with Crippen LogP contribution in [0.15, 0.2) is 12.7 Å². The average molecular weight is 169 g/mol. The van der Waals surface area contributed by atoms with E-state index in [0.29, 0.717) is 0 Å². The molecule has 12 heavy (non-hydrogen) atoms. The molecule has 3 heteroatoms. The van der Waals surface area contributed by atoms with E-state index in [0.717, 1.165) is 12.5 Å². The summed E-state index contributed by atoms with van der Waals surface area (Å²) in [6.07, 6.45) is 4.49. The van der Waals surface area contributed by atoms with Crippen LogP contribution < -0.4 is 0 Å². The molecule has 0 amide bonds. The summed E-state index contributed by atoms with van der Waals surface area (Å²) >= 11 is 0. The van der Waals surface area contributed by atoms with Crippen molar-refractivity contribution in [3.8, 4) is 0 Å². The van der Waals surface area contributed by atoms with E-state index in [-0.39, 0.29) is 0 Å². The van der Waals surface area contributed by atoms with Crippen LogP contribution in [0.5, 0.6) is 0 Å². The summed E-state index contributed by atoms with van der Waals surface area (Å²) in [6, 6.07) is 0. The van der Waals surface area contributed by atoms with Crippen LogP contribution in [0, 0.1) is 5.92 Å². The van der Waals surface area contributed by atoms with Crippen LogP contribution >= 0.6 is 0 Å². The molecule has 0 bridgehead atoms. The summed E-state index contributed by atoms with van der Waals surface area (Å²) in [6.45, 7) is 9.39. The van der Waals surface area contributed by atoms with Gasteiger partial charge in [0, 0.05) is 6.54 Å². The highest BCUT2D eigenvalue weighted by Crippen LogP contribution is 2.00. The summed E-state index contributed by atoms with van der Waals surface area (Å²) in [5, 5.41) is 3.99. The predicted molar refractivity (Wildman–Crippen MR) is 50.8 cm³/mol. The fourth-order valence-electron chi connectivity index (χ4n) is 0.739. The Labute approximate surface area is 74.8 Å². The SMILES string of the molecule is CC.CC(C)CCn1cncn1. The lowest BCUT2D eigenvalue weighted by molar-refractivity contribution is 0.486. The average Bonchev–Trinajstić information content (AvgIpc) is 2.56. The summed E-state index contributed by atoms with van der Waals surface area (Å²) < 4.78 is 1.86. The number of aryl methyl sites for hydroxylation is 1. The van der Waals surface area contributed by atoms with Gasteiger partial charge in [-0.25, -0.2) is 4.98 Å². The molecule has 0 aliphatic heterocycles. The molecule has 0 aliphatic carbocycles. The van der Waals surface area contributed by atoms with Crippen LogP contribution in [0.25, 0.3) is 0 Å². The van der Waals surface area contributed by atoms with Gasteiger partial charge in [0.15, 0.2) is 0 Å². The van der Waals surface area contributed by atoms with Crippen molar-refractivity contribution in [2.45, 2.75) is 40.7 Å². The molecule has 0 atom stereocenters. The molecule has 1 heterocycles. The lowest BCUT2D eigenvalue weighted by Gasteiger charge is -2.02. The lowest BCUT2D eigenvalue weighted by Crippen LogP contribution is -2.01. The molecule has 1 aromatic heterocycles. The zero-order valence-electron chi connectivity index (χ0n) is 8.49. The van der Waals surface area contributed by atoms with Crippen LogP contribution in [-0.2, 0) is 6.54 Å². The molecular formula is C9H19N3. The second kappa shape index (κ2) is 6.83. The number of hydrogen-bond donors (Lipinski definition) is 0. The first kappa shape index (κ1) is 11.1. The molecule has 0 fully saturated rings. The number of aromatic nitrogens is 3. The molecule has 1 aromatic rings. The van der Waals surface area contributed by atoms with E-state index in [1.54, 1.807) is 12.7 Å². The maximum Gasteiger partial charge on any atom is 0.137 e. The molecular weight excluding hydrogens is 150 g/mol. The van der Waals surface area contributed by atoms with Gasteiger partial charge in [0.1, 0.15) is 12.7 Å². The third-order valence-electron chi connectivity index (χ3n) is 1.40. The van der Waals surface area contributed by atoms with Gasteiger partial charge in [-0.3, -0.25) is 4.68 Å². The van der Waals surface area contributed by atoms with E-state index >= 15 is 0 Å². The highest BCUT2D eigenvalue weighted by atomic mass is 15.3. The van der Waals surface area contributed by atoms with Gasteiger partial charge in [0.2, 0.25) is 0 Å². The topological polar surface area (TPSA) is 30.7 Å². The quantitative estimate of drug-likeness (QED) is 0.695. The molecule has 0 N–H and O–H groups in total. The summed E-state index contributed by atoms with van der Waals surface area (Å²) in [4.78, 5) is 3.85. The van der Waals surface area contributed by atoms with Gasteiger partial charge in [0.25, 0.3) is 0 Å². The molecule has 0 aliphatic rings. The van der Waals surface area contributed by atoms with Crippen molar-refractivity contribution in [1.82, 2.24) is 14.8 Å². The van der Waals surface area contributed by atoms with Crippen LogP contribution in [0.1, 0.15) is 34.1 Å². The smallest absolute Gasteiger partial charge is 0.137 e. The van der Waals surface area contributed by atoms with E-state index in [1.165, 1.54) is 6.42 Å². The van der Waals surface area contributed by atoms with Gasteiger partial charge in [0.05, 0.1) is 0 Å². The van der Waals surface area contributed by atoms with Gasteiger partial charge in [-0.2, -0.15) is 5.10 Å². The number of hydrogen-bond acceptors (Lipinski definition) is 2. The first-order valence-electron chi connectivity index (χ1n) is 4.61. The molecule has 0 aromatic carbocycles. The first-order valence-corrected chi connectivity index (χ1v) is 4.61. The summed E-state index contributed by atoms with van der Waals surface area (Å²) in [7, 11) is 0. The van der Waals surface area contributed by atoms with Crippen LogP contribution in [-0.4, -0.2) is 14.8 Å². The highest BCUT2D eigenvalue weighted by molar-refractivity contribution is 4.56. The van der Waals surface area contributed by atoms with Crippen molar-refractivity contribution < 1.29 is 0 Å². The highest BCUT2D eigenvalue weighted by Gasteiger charge is 1.94. The minimum Gasteiger partial charge on any atom is -0.253 e. The van der Waals surface area contributed by atoms with Crippen molar-refractivity contribution in [2.24, 2.45) is 5.92 Å². The maximum absolute atomic E-state index is 3.99. The summed E-state index contributed by atoms with van der Waals surface area (Å²) in [5.41, 5.74) is 0. The Hall–Kier alpha value is -0.860.